The summed E-state index contributed by atoms with van der Waals surface area (Å²) in [5, 5.41) is 26.3. The highest BCUT2D eigenvalue weighted by atomic mass is 16.6. The molecule has 0 aliphatic rings. The zero-order chi connectivity index (χ0) is 24.9. The molecule has 10 heteroatoms. The van der Waals surface area contributed by atoms with E-state index in [1.54, 1.807) is 31.4 Å². The number of aliphatic imine (C=N–C) groups is 1. The van der Waals surface area contributed by atoms with E-state index in [1.165, 1.54) is 7.11 Å². The van der Waals surface area contributed by atoms with Gasteiger partial charge < -0.3 is 24.8 Å². The van der Waals surface area contributed by atoms with Gasteiger partial charge >= 0.3 is 6.09 Å². The molecule has 0 heterocycles. The van der Waals surface area contributed by atoms with Crippen LogP contribution >= 0.6 is 0 Å². The molecule has 2 aromatic carbocycles. The van der Waals surface area contributed by atoms with Crippen LogP contribution in [0.4, 0.5) is 16.2 Å². The SMILES string of the molecule is CC[C@H](CC#N)OC(=O)N[C@@H](C)c1cccc(NC(=Nc2ccc(OC)c(OC)c2)NC#N)c1. The molecule has 1 amide bonds. The fourth-order valence-electron chi connectivity index (χ4n) is 3.00. The van der Waals surface area contributed by atoms with Crippen LogP contribution in [0.1, 0.15) is 38.3 Å². The Hall–Kier alpha value is -4.44. The van der Waals surface area contributed by atoms with E-state index in [9.17, 15) is 4.79 Å². The summed E-state index contributed by atoms with van der Waals surface area (Å²) in [7, 11) is 3.07. The molecule has 2 rings (SSSR count). The smallest absolute Gasteiger partial charge is 0.407 e. The Labute approximate surface area is 199 Å². The molecule has 0 saturated carbocycles. The first-order valence-corrected chi connectivity index (χ1v) is 10.6. The van der Waals surface area contributed by atoms with E-state index in [4.69, 9.17) is 24.7 Å². The Morgan fingerprint density at radius 1 is 1.12 bits per heavy atom. The number of methoxy groups -OCH3 is 2. The number of nitriles is 2. The van der Waals surface area contributed by atoms with Gasteiger partial charge in [-0.3, -0.25) is 5.32 Å². The van der Waals surface area contributed by atoms with Crippen molar-refractivity contribution in [2.45, 2.75) is 38.8 Å². The Kier molecular flexibility index (Phi) is 10.0. The van der Waals surface area contributed by atoms with E-state index in [0.29, 0.717) is 29.3 Å². The maximum absolute atomic E-state index is 12.2. The molecule has 3 N–H and O–H groups in total. The quantitative estimate of drug-likeness (QED) is 0.215. The minimum Gasteiger partial charge on any atom is -0.493 e. The van der Waals surface area contributed by atoms with E-state index in [1.807, 2.05) is 44.3 Å². The van der Waals surface area contributed by atoms with Crippen LogP contribution in [0.5, 0.6) is 11.5 Å². The van der Waals surface area contributed by atoms with Gasteiger partial charge in [0, 0.05) is 11.8 Å². The fourth-order valence-corrected chi connectivity index (χ4v) is 3.00. The summed E-state index contributed by atoms with van der Waals surface area (Å²) >= 11 is 0. The lowest BCUT2D eigenvalue weighted by Crippen LogP contribution is -2.31. The molecule has 0 aliphatic carbocycles. The Bertz CT molecular complexity index is 1090. The Morgan fingerprint density at radius 3 is 2.53 bits per heavy atom. The molecule has 0 unspecified atom stereocenters. The number of amides is 1. The zero-order valence-electron chi connectivity index (χ0n) is 19.6. The first kappa shape index (κ1) is 25.8. The van der Waals surface area contributed by atoms with E-state index >= 15 is 0 Å². The molecular formula is C24H28N6O4. The van der Waals surface area contributed by atoms with Gasteiger partial charge in [0.25, 0.3) is 0 Å². The zero-order valence-corrected chi connectivity index (χ0v) is 19.6. The van der Waals surface area contributed by atoms with Crippen molar-refractivity contribution in [3.63, 3.8) is 0 Å². The number of nitrogens with zero attached hydrogens (tertiary/aromatic N) is 3. The summed E-state index contributed by atoms with van der Waals surface area (Å²) in [4.78, 5) is 16.6. The summed E-state index contributed by atoms with van der Waals surface area (Å²) in [6.07, 6.45) is 1.53. The monoisotopic (exact) mass is 464 g/mol. The summed E-state index contributed by atoms with van der Waals surface area (Å²) < 4.78 is 15.8. The maximum Gasteiger partial charge on any atom is 0.407 e. The van der Waals surface area contributed by atoms with Gasteiger partial charge in [-0.15, -0.1) is 0 Å². The molecule has 0 aromatic heterocycles. The molecule has 0 aliphatic heterocycles. The van der Waals surface area contributed by atoms with Gasteiger partial charge in [-0.1, -0.05) is 19.1 Å². The third-order valence-electron chi connectivity index (χ3n) is 4.81. The number of guanidine groups is 1. The van der Waals surface area contributed by atoms with Crippen LogP contribution in [-0.4, -0.2) is 32.4 Å². The van der Waals surface area contributed by atoms with Crippen molar-refractivity contribution in [2.24, 2.45) is 4.99 Å². The molecule has 0 saturated heterocycles. The predicted octanol–water partition coefficient (Wildman–Crippen LogP) is 4.35. The number of alkyl carbamates (subject to hydrolysis) is 1. The molecule has 2 aromatic rings. The van der Waals surface area contributed by atoms with Crippen LogP contribution in [0.3, 0.4) is 0 Å². The number of ether oxygens (including phenoxy) is 3. The van der Waals surface area contributed by atoms with Gasteiger partial charge in [0.15, 0.2) is 17.7 Å². The summed E-state index contributed by atoms with van der Waals surface area (Å²) in [5.74, 6) is 1.28. The molecule has 34 heavy (non-hydrogen) atoms. The molecule has 178 valence electrons. The number of hydrogen-bond donors (Lipinski definition) is 3. The third kappa shape index (κ3) is 7.61. The predicted molar refractivity (Wildman–Crippen MR) is 128 cm³/mol. The maximum atomic E-state index is 12.2. The van der Waals surface area contributed by atoms with Crippen LogP contribution in [-0.2, 0) is 4.74 Å². The number of benzene rings is 2. The minimum atomic E-state index is -0.588. The van der Waals surface area contributed by atoms with Crippen LogP contribution in [0.2, 0.25) is 0 Å². The van der Waals surface area contributed by atoms with Crippen LogP contribution in [0.15, 0.2) is 47.5 Å². The van der Waals surface area contributed by atoms with Crippen molar-refractivity contribution in [2.75, 3.05) is 19.5 Å². The molecule has 0 radical (unpaired) electrons. The van der Waals surface area contributed by atoms with Crippen LogP contribution in [0.25, 0.3) is 0 Å². The highest BCUT2D eigenvalue weighted by molar-refractivity contribution is 5.96. The van der Waals surface area contributed by atoms with Gasteiger partial charge in [0.05, 0.1) is 38.4 Å². The largest absolute Gasteiger partial charge is 0.493 e. The van der Waals surface area contributed by atoms with Gasteiger partial charge in [0.1, 0.15) is 6.10 Å². The number of hydrogen-bond acceptors (Lipinski definition) is 7. The van der Waals surface area contributed by atoms with Crippen molar-refractivity contribution in [3.05, 3.63) is 48.0 Å². The molecule has 10 nitrogen and oxygen atoms in total. The van der Waals surface area contributed by atoms with E-state index < -0.39 is 12.2 Å². The van der Waals surface area contributed by atoms with E-state index in [2.05, 4.69) is 20.9 Å². The average molecular weight is 465 g/mol. The molecule has 0 spiro atoms. The first-order valence-electron chi connectivity index (χ1n) is 10.6. The second-order valence-electron chi connectivity index (χ2n) is 7.15. The van der Waals surface area contributed by atoms with Gasteiger partial charge in [-0.05, 0) is 43.2 Å². The molecular weight excluding hydrogens is 436 g/mol. The molecule has 2 atom stereocenters. The lowest BCUT2D eigenvalue weighted by atomic mass is 10.1. The number of carbonyl (C=O) groups excluding carboxylic acids is 1. The van der Waals surface area contributed by atoms with Crippen molar-refractivity contribution >= 4 is 23.4 Å². The normalized spacial score (nSPS) is 12.4. The lowest BCUT2D eigenvalue weighted by molar-refractivity contribution is 0.0950. The summed E-state index contributed by atoms with van der Waals surface area (Å²) in [6.45, 7) is 3.67. The second kappa shape index (κ2) is 13.2. The summed E-state index contributed by atoms with van der Waals surface area (Å²) in [5.41, 5.74) is 2.00. The Morgan fingerprint density at radius 2 is 1.88 bits per heavy atom. The lowest BCUT2D eigenvalue weighted by Gasteiger charge is -2.18. The van der Waals surface area contributed by atoms with E-state index in [0.717, 1.165) is 5.56 Å². The van der Waals surface area contributed by atoms with Gasteiger partial charge in [0.2, 0.25) is 5.96 Å². The summed E-state index contributed by atoms with van der Waals surface area (Å²) in [6, 6.07) is 14.1. The molecule has 0 bridgehead atoms. The average Bonchev–Trinajstić information content (AvgIpc) is 2.83. The highest BCUT2D eigenvalue weighted by Gasteiger charge is 2.16. The number of anilines is 1. The topological polar surface area (TPSA) is 141 Å². The second-order valence-corrected chi connectivity index (χ2v) is 7.15. The van der Waals surface area contributed by atoms with Crippen LogP contribution < -0.4 is 25.4 Å². The van der Waals surface area contributed by atoms with Gasteiger partial charge in [-0.2, -0.15) is 10.5 Å². The number of nitrogens with one attached hydrogen (secondary N) is 3. The minimum absolute atomic E-state index is 0.145. The standard InChI is InChI=1S/C24H28N6O4/c1-5-20(11-12-25)34-24(31)28-16(2)17-7-6-8-18(13-17)29-23(27-15-26)30-19-9-10-21(32-3)22(14-19)33-4/h6-10,13-14,16,20H,5,11H2,1-4H3,(H,28,31)(H2,27,29,30)/t16-,20+/m0/s1. The van der Waals surface area contributed by atoms with Crippen molar-refractivity contribution in [1.82, 2.24) is 10.6 Å². The van der Waals surface area contributed by atoms with Crippen LogP contribution in [0, 0.1) is 22.8 Å². The number of rotatable bonds is 9. The van der Waals surface area contributed by atoms with Gasteiger partial charge in [-0.25, -0.2) is 9.79 Å². The number of carbonyl (C=O) groups is 1. The van der Waals surface area contributed by atoms with Crippen molar-refractivity contribution < 1.29 is 19.0 Å². The van der Waals surface area contributed by atoms with Crippen molar-refractivity contribution in [1.29, 1.82) is 10.5 Å². The molecule has 0 fully saturated rings. The highest BCUT2D eigenvalue weighted by Crippen LogP contribution is 2.31. The third-order valence-corrected chi connectivity index (χ3v) is 4.81. The first-order chi connectivity index (χ1) is 16.4. The fraction of sp³-hybridized carbons (Fsp3) is 0.333. The van der Waals surface area contributed by atoms with E-state index in [-0.39, 0.29) is 18.4 Å². The Balaban J connectivity index is 2.15. The van der Waals surface area contributed by atoms with Crippen molar-refractivity contribution in [3.8, 4) is 23.8 Å².